The molecule has 0 aromatic carbocycles. The molecule has 1 aromatic heterocycles. The second kappa shape index (κ2) is 6.60. The molecule has 1 amide bonds. The predicted octanol–water partition coefficient (Wildman–Crippen LogP) is 3.52. The summed E-state index contributed by atoms with van der Waals surface area (Å²) < 4.78 is 0. The van der Waals surface area contributed by atoms with Crippen LogP contribution in [0, 0.1) is 5.41 Å². The fourth-order valence-corrected chi connectivity index (χ4v) is 3.35. The Hall–Kier alpha value is -1.36. The number of carbonyl (C=O) groups is 2. The van der Waals surface area contributed by atoms with Gasteiger partial charge in [0.15, 0.2) is 0 Å². The molecular formula is C16H23NO3S. The highest BCUT2D eigenvalue weighted by Gasteiger charge is 2.41. The van der Waals surface area contributed by atoms with Gasteiger partial charge in [0, 0.05) is 17.3 Å². The van der Waals surface area contributed by atoms with Gasteiger partial charge >= 0.3 is 5.97 Å². The number of nitrogens with zero attached hydrogens (tertiary/aromatic N) is 1. The first kappa shape index (κ1) is 16.0. The largest absolute Gasteiger partial charge is 0.481 e. The predicted molar refractivity (Wildman–Crippen MR) is 83.2 cm³/mol. The second-order valence-corrected chi connectivity index (χ2v) is 6.83. The van der Waals surface area contributed by atoms with Gasteiger partial charge in [0.2, 0.25) is 5.91 Å². The SMILES string of the molecule is CCC(CC)(CC(=O)N(Cc1cccs1)C1CC1)C(=O)O. The number of carboxylic acid groups (broad SMARTS) is 1. The van der Waals surface area contributed by atoms with Gasteiger partial charge in [-0.3, -0.25) is 9.59 Å². The molecule has 1 fully saturated rings. The summed E-state index contributed by atoms with van der Waals surface area (Å²) in [6.45, 7) is 4.32. The molecule has 1 aromatic rings. The number of hydrogen-bond donors (Lipinski definition) is 1. The molecule has 4 nitrogen and oxygen atoms in total. The van der Waals surface area contributed by atoms with Crippen LogP contribution in [0.3, 0.4) is 0 Å². The molecule has 21 heavy (non-hydrogen) atoms. The quantitative estimate of drug-likeness (QED) is 0.799. The van der Waals surface area contributed by atoms with Gasteiger partial charge in [-0.15, -0.1) is 11.3 Å². The third-order valence-electron chi connectivity index (χ3n) is 4.51. The van der Waals surface area contributed by atoms with E-state index in [2.05, 4.69) is 0 Å². The summed E-state index contributed by atoms with van der Waals surface area (Å²) in [4.78, 5) is 27.3. The molecule has 1 N–H and O–H groups in total. The first-order valence-electron chi connectivity index (χ1n) is 7.57. The minimum Gasteiger partial charge on any atom is -0.481 e. The van der Waals surface area contributed by atoms with E-state index in [4.69, 9.17) is 0 Å². The average Bonchev–Trinajstić information content (AvgIpc) is 3.18. The zero-order valence-corrected chi connectivity index (χ0v) is 13.5. The highest BCUT2D eigenvalue weighted by molar-refractivity contribution is 7.09. The minimum atomic E-state index is -0.917. The maximum Gasteiger partial charge on any atom is 0.310 e. The molecular weight excluding hydrogens is 286 g/mol. The minimum absolute atomic E-state index is 0.0167. The van der Waals surface area contributed by atoms with Crippen molar-refractivity contribution in [1.29, 1.82) is 0 Å². The molecule has 1 aliphatic carbocycles. The summed E-state index contributed by atoms with van der Waals surface area (Å²) in [5, 5.41) is 11.5. The Morgan fingerprint density at radius 2 is 2.05 bits per heavy atom. The molecule has 0 radical (unpaired) electrons. The molecule has 0 saturated heterocycles. The first-order chi connectivity index (χ1) is 10.0. The van der Waals surface area contributed by atoms with Gasteiger partial charge in [-0.1, -0.05) is 19.9 Å². The lowest BCUT2D eigenvalue weighted by Crippen LogP contribution is -2.40. The van der Waals surface area contributed by atoms with Crippen molar-refractivity contribution in [2.75, 3.05) is 0 Å². The Kier molecular flexibility index (Phi) is 5.04. The van der Waals surface area contributed by atoms with E-state index >= 15 is 0 Å². The van der Waals surface area contributed by atoms with Crippen LogP contribution in [0.2, 0.25) is 0 Å². The summed E-state index contributed by atoms with van der Waals surface area (Å²) in [5.74, 6) is -0.871. The summed E-state index contributed by atoms with van der Waals surface area (Å²) >= 11 is 1.64. The second-order valence-electron chi connectivity index (χ2n) is 5.80. The molecule has 1 heterocycles. The van der Waals surface area contributed by atoms with Gasteiger partial charge in [0.05, 0.1) is 12.0 Å². The van der Waals surface area contributed by atoms with Crippen molar-refractivity contribution in [2.45, 2.75) is 58.5 Å². The van der Waals surface area contributed by atoms with Gasteiger partial charge in [0.25, 0.3) is 0 Å². The maximum atomic E-state index is 12.7. The number of aliphatic carboxylic acids is 1. The van der Waals surface area contributed by atoms with E-state index in [0.29, 0.717) is 25.4 Å². The highest BCUT2D eigenvalue weighted by Crippen LogP contribution is 2.35. The van der Waals surface area contributed by atoms with Crippen molar-refractivity contribution >= 4 is 23.2 Å². The highest BCUT2D eigenvalue weighted by atomic mass is 32.1. The molecule has 0 bridgehead atoms. The summed E-state index contributed by atoms with van der Waals surface area (Å²) in [5.41, 5.74) is -0.917. The van der Waals surface area contributed by atoms with Gasteiger partial charge in [-0.2, -0.15) is 0 Å². The number of thiophene rings is 1. The van der Waals surface area contributed by atoms with Crippen molar-refractivity contribution in [1.82, 2.24) is 4.90 Å². The zero-order chi connectivity index (χ0) is 15.5. The lowest BCUT2D eigenvalue weighted by molar-refractivity contribution is -0.154. The molecule has 0 spiro atoms. The zero-order valence-electron chi connectivity index (χ0n) is 12.7. The summed E-state index contributed by atoms with van der Waals surface area (Å²) in [7, 11) is 0. The molecule has 116 valence electrons. The van der Waals surface area contributed by atoms with E-state index in [1.165, 1.54) is 0 Å². The summed E-state index contributed by atoms with van der Waals surface area (Å²) in [6.07, 6.45) is 3.16. The van der Waals surface area contributed by atoms with Crippen molar-refractivity contribution in [3.63, 3.8) is 0 Å². The maximum absolute atomic E-state index is 12.7. The van der Waals surface area contributed by atoms with E-state index in [9.17, 15) is 14.7 Å². The molecule has 0 unspecified atom stereocenters. The number of amides is 1. The van der Waals surface area contributed by atoms with Gasteiger partial charge in [-0.05, 0) is 37.1 Å². The van der Waals surface area contributed by atoms with Crippen LogP contribution < -0.4 is 0 Å². The van der Waals surface area contributed by atoms with Gasteiger partial charge in [0.1, 0.15) is 0 Å². The first-order valence-corrected chi connectivity index (χ1v) is 8.45. The van der Waals surface area contributed by atoms with Crippen molar-refractivity contribution in [3.8, 4) is 0 Å². The van der Waals surface area contributed by atoms with Crippen LogP contribution in [0.5, 0.6) is 0 Å². The van der Waals surface area contributed by atoms with Crippen LogP contribution in [-0.2, 0) is 16.1 Å². The van der Waals surface area contributed by atoms with Crippen molar-refractivity contribution in [2.24, 2.45) is 5.41 Å². The Morgan fingerprint density at radius 3 is 2.48 bits per heavy atom. The molecule has 5 heteroatoms. The standard InChI is InChI=1S/C16H23NO3S/c1-3-16(4-2,15(19)20)10-14(18)17(12-7-8-12)11-13-6-5-9-21-13/h5-6,9,12H,3-4,7-8,10-11H2,1-2H3,(H,19,20). The van der Waals surface area contributed by atoms with E-state index < -0.39 is 11.4 Å². The van der Waals surface area contributed by atoms with E-state index in [-0.39, 0.29) is 12.3 Å². The normalized spacial score (nSPS) is 15.0. The fraction of sp³-hybridized carbons (Fsp3) is 0.625. The van der Waals surface area contributed by atoms with Crippen molar-refractivity contribution < 1.29 is 14.7 Å². The molecule has 0 atom stereocenters. The Balaban J connectivity index is 2.09. The lowest BCUT2D eigenvalue weighted by atomic mass is 9.79. The lowest BCUT2D eigenvalue weighted by Gasteiger charge is -2.30. The monoisotopic (exact) mass is 309 g/mol. The molecule has 2 rings (SSSR count). The van der Waals surface area contributed by atoms with E-state index in [1.54, 1.807) is 11.3 Å². The van der Waals surface area contributed by atoms with Crippen LogP contribution in [0.25, 0.3) is 0 Å². The molecule has 1 saturated carbocycles. The van der Waals surface area contributed by atoms with Crippen LogP contribution in [0.15, 0.2) is 17.5 Å². The third kappa shape index (κ3) is 3.64. The van der Waals surface area contributed by atoms with Gasteiger partial charge < -0.3 is 10.0 Å². The van der Waals surface area contributed by atoms with E-state index in [1.807, 2.05) is 36.3 Å². The third-order valence-corrected chi connectivity index (χ3v) is 5.37. The average molecular weight is 309 g/mol. The Morgan fingerprint density at radius 1 is 1.38 bits per heavy atom. The summed E-state index contributed by atoms with van der Waals surface area (Å²) in [6, 6.07) is 4.31. The van der Waals surface area contributed by atoms with Crippen LogP contribution in [0.1, 0.15) is 50.8 Å². The smallest absolute Gasteiger partial charge is 0.310 e. The van der Waals surface area contributed by atoms with Gasteiger partial charge in [-0.25, -0.2) is 0 Å². The van der Waals surface area contributed by atoms with Crippen LogP contribution in [-0.4, -0.2) is 27.9 Å². The van der Waals surface area contributed by atoms with E-state index in [0.717, 1.165) is 17.7 Å². The van der Waals surface area contributed by atoms with Crippen molar-refractivity contribution in [3.05, 3.63) is 22.4 Å². The fourth-order valence-electron chi connectivity index (χ4n) is 2.65. The number of carboxylic acids is 1. The Labute approximate surface area is 129 Å². The number of hydrogen-bond acceptors (Lipinski definition) is 3. The topological polar surface area (TPSA) is 57.6 Å². The Bertz CT molecular complexity index is 490. The molecule has 0 aliphatic heterocycles. The molecule has 1 aliphatic rings. The number of rotatable bonds is 8. The number of carbonyl (C=O) groups excluding carboxylic acids is 1. The van der Waals surface area contributed by atoms with Crippen LogP contribution in [0.4, 0.5) is 0 Å². The van der Waals surface area contributed by atoms with Crippen LogP contribution >= 0.6 is 11.3 Å².